The first-order valence-corrected chi connectivity index (χ1v) is 7.93. The van der Waals surface area contributed by atoms with Crippen LogP contribution >= 0.6 is 0 Å². The number of benzene rings is 1. The van der Waals surface area contributed by atoms with Gasteiger partial charge in [-0.2, -0.15) is 0 Å². The second kappa shape index (κ2) is 6.87. The zero-order valence-electron chi connectivity index (χ0n) is 14.2. The molecule has 3 aromatic rings. The predicted octanol–water partition coefficient (Wildman–Crippen LogP) is 2.19. The van der Waals surface area contributed by atoms with Gasteiger partial charge in [0.25, 0.3) is 5.56 Å². The van der Waals surface area contributed by atoms with Crippen molar-refractivity contribution >= 4 is 16.9 Å². The fourth-order valence-electron chi connectivity index (χ4n) is 2.88. The number of H-pyrrole nitrogens is 1. The molecule has 7 nitrogen and oxygen atoms in total. The number of para-hydroxylation sites is 1. The summed E-state index contributed by atoms with van der Waals surface area (Å²) in [6.07, 6.45) is -0.266. The third kappa shape index (κ3) is 3.23. The molecular formula is C19H17NO6. The molecule has 0 saturated heterocycles. The smallest absolute Gasteiger partial charge is 0.306 e. The SMILES string of the molecule is COC(=O)CC(c1oc(C)cc(=O)c1O)c1cc2ccccc2[nH]c1=O. The Morgan fingerprint density at radius 2 is 2.00 bits per heavy atom. The topological polar surface area (TPSA) is 110 Å². The van der Waals surface area contributed by atoms with Crippen LogP contribution in [0.3, 0.4) is 0 Å². The Kier molecular flexibility index (Phi) is 4.62. The first-order valence-electron chi connectivity index (χ1n) is 7.93. The zero-order chi connectivity index (χ0) is 18.8. The number of methoxy groups -OCH3 is 1. The van der Waals surface area contributed by atoms with Gasteiger partial charge < -0.3 is 19.2 Å². The van der Waals surface area contributed by atoms with E-state index in [0.29, 0.717) is 5.52 Å². The van der Waals surface area contributed by atoms with Crippen molar-refractivity contribution in [1.29, 1.82) is 0 Å². The van der Waals surface area contributed by atoms with Crippen LogP contribution in [0.4, 0.5) is 0 Å². The number of pyridine rings is 1. The Morgan fingerprint density at radius 3 is 2.73 bits per heavy atom. The number of hydrogen-bond acceptors (Lipinski definition) is 6. The van der Waals surface area contributed by atoms with E-state index in [4.69, 9.17) is 9.15 Å². The second-order valence-electron chi connectivity index (χ2n) is 5.91. The zero-order valence-corrected chi connectivity index (χ0v) is 14.2. The van der Waals surface area contributed by atoms with Crippen LogP contribution in [0.15, 0.2) is 50.4 Å². The fourth-order valence-corrected chi connectivity index (χ4v) is 2.88. The van der Waals surface area contributed by atoms with Gasteiger partial charge in [0.05, 0.1) is 19.4 Å². The van der Waals surface area contributed by atoms with E-state index in [9.17, 15) is 19.5 Å². The number of nitrogens with one attached hydrogen (secondary N) is 1. The number of rotatable bonds is 4. The second-order valence-corrected chi connectivity index (χ2v) is 5.91. The lowest BCUT2D eigenvalue weighted by atomic mass is 9.92. The number of esters is 1. The largest absolute Gasteiger partial charge is 0.502 e. The third-order valence-electron chi connectivity index (χ3n) is 4.14. The summed E-state index contributed by atoms with van der Waals surface area (Å²) in [7, 11) is 1.22. The van der Waals surface area contributed by atoms with Gasteiger partial charge in [0.15, 0.2) is 5.76 Å². The van der Waals surface area contributed by atoms with E-state index in [1.54, 1.807) is 31.2 Å². The quantitative estimate of drug-likeness (QED) is 0.694. The molecule has 0 aliphatic carbocycles. The van der Waals surface area contributed by atoms with E-state index in [0.717, 1.165) is 11.5 Å². The van der Waals surface area contributed by atoms with E-state index >= 15 is 0 Å². The average Bonchev–Trinajstić information content (AvgIpc) is 2.62. The molecule has 2 heterocycles. The van der Waals surface area contributed by atoms with Gasteiger partial charge >= 0.3 is 5.97 Å². The molecule has 2 aromatic heterocycles. The molecule has 2 N–H and O–H groups in total. The minimum Gasteiger partial charge on any atom is -0.502 e. The van der Waals surface area contributed by atoms with Gasteiger partial charge in [0.2, 0.25) is 11.2 Å². The molecule has 0 aliphatic rings. The number of fused-ring (bicyclic) bond motifs is 1. The molecule has 0 amide bonds. The summed E-state index contributed by atoms with van der Waals surface area (Å²) in [6, 6.07) is 9.90. The Morgan fingerprint density at radius 1 is 1.27 bits per heavy atom. The van der Waals surface area contributed by atoms with Crippen LogP contribution in [0.2, 0.25) is 0 Å². The van der Waals surface area contributed by atoms with E-state index < -0.39 is 28.6 Å². The molecule has 0 spiro atoms. The predicted molar refractivity (Wildman–Crippen MR) is 94.4 cm³/mol. The Balaban J connectivity index is 2.26. The summed E-state index contributed by atoms with van der Waals surface area (Å²) in [5, 5.41) is 10.9. The molecular weight excluding hydrogens is 338 g/mol. The standard InChI is InChI=1S/C19H17NO6/c1-10-7-15(21)17(23)18(26-10)12(9-16(22)25-2)13-8-11-5-3-4-6-14(11)20-19(13)24/h3-8,12,23H,9H2,1-2H3,(H,20,24). The van der Waals surface area contributed by atoms with Crippen LogP contribution in [0.25, 0.3) is 10.9 Å². The van der Waals surface area contributed by atoms with E-state index in [1.165, 1.54) is 7.11 Å². The molecule has 1 unspecified atom stereocenters. The Hall–Kier alpha value is -3.35. The molecule has 0 radical (unpaired) electrons. The third-order valence-corrected chi connectivity index (χ3v) is 4.14. The van der Waals surface area contributed by atoms with Crippen LogP contribution in [-0.4, -0.2) is 23.2 Å². The number of carbonyl (C=O) groups is 1. The summed E-state index contributed by atoms with van der Waals surface area (Å²) in [6.45, 7) is 1.55. The molecule has 3 rings (SSSR count). The summed E-state index contributed by atoms with van der Waals surface area (Å²) in [5.41, 5.74) is -0.261. The number of hydrogen-bond donors (Lipinski definition) is 2. The monoisotopic (exact) mass is 355 g/mol. The summed E-state index contributed by atoms with van der Waals surface area (Å²) >= 11 is 0. The van der Waals surface area contributed by atoms with Crippen LogP contribution in [0.5, 0.6) is 5.75 Å². The highest BCUT2D eigenvalue weighted by Crippen LogP contribution is 2.32. The minimum atomic E-state index is -0.969. The van der Waals surface area contributed by atoms with E-state index in [-0.39, 0.29) is 23.5 Å². The maximum Gasteiger partial charge on any atom is 0.306 e. The van der Waals surface area contributed by atoms with Crippen LogP contribution in [-0.2, 0) is 9.53 Å². The maximum absolute atomic E-state index is 12.6. The highest BCUT2D eigenvalue weighted by atomic mass is 16.5. The van der Waals surface area contributed by atoms with Crippen molar-refractivity contribution in [2.45, 2.75) is 19.3 Å². The maximum atomic E-state index is 12.6. The summed E-state index contributed by atoms with van der Waals surface area (Å²) in [4.78, 5) is 39.2. The van der Waals surface area contributed by atoms with Crippen LogP contribution < -0.4 is 11.0 Å². The van der Waals surface area contributed by atoms with Gasteiger partial charge in [0.1, 0.15) is 5.76 Å². The number of aromatic nitrogens is 1. The van der Waals surface area contributed by atoms with E-state index in [1.807, 2.05) is 6.07 Å². The molecule has 1 atom stereocenters. The van der Waals surface area contributed by atoms with Gasteiger partial charge in [0, 0.05) is 17.1 Å². The molecule has 0 saturated carbocycles. The Labute approximate surface area is 147 Å². The highest BCUT2D eigenvalue weighted by molar-refractivity contribution is 5.79. The van der Waals surface area contributed by atoms with E-state index in [2.05, 4.69) is 4.98 Å². The van der Waals surface area contributed by atoms with Crippen molar-refractivity contribution in [3.05, 3.63) is 74.1 Å². The molecule has 134 valence electrons. The lowest BCUT2D eigenvalue weighted by Crippen LogP contribution is -2.21. The van der Waals surface area contributed by atoms with Crippen molar-refractivity contribution in [3.8, 4) is 5.75 Å². The average molecular weight is 355 g/mol. The van der Waals surface area contributed by atoms with Gasteiger partial charge in [-0.05, 0) is 24.4 Å². The number of aromatic hydroxyl groups is 1. The molecule has 0 aliphatic heterocycles. The van der Waals surface area contributed by atoms with Gasteiger partial charge in [-0.1, -0.05) is 18.2 Å². The van der Waals surface area contributed by atoms with Crippen molar-refractivity contribution in [2.24, 2.45) is 0 Å². The van der Waals surface area contributed by atoms with Gasteiger partial charge in [-0.25, -0.2) is 0 Å². The van der Waals surface area contributed by atoms with Gasteiger partial charge in [-0.3, -0.25) is 14.4 Å². The molecule has 7 heteroatoms. The van der Waals surface area contributed by atoms with Crippen molar-refractivity contribution in [2.75, 3.05) is 7.11 Å². The first-order chi connectivity index (χ1) is 12.4. The van der Waals surface area contributed by atoms with Crippen LogP contribution in [0, 0.1) is 6.92 Å². The molecule has 0 bridgehead atoms. The molecule has 26 heavy (non-hydrogen) atoms. The lowest BCUT2D eigenvalue weighted by molar-refractivity contribution is -0.140. The van der Waals surface area contributed by atoms with Gasteiger partial charge in [-0.15, -0.1) is 0 Å². The van der Waals surface area contributed by atoms with Crippen LogP contribution in [0.1, 0.15) is 29.4 Å². The number of aromatic amines is 1. The molecule has 0 fully saturated rings. The minimum absolute atomic E-state index is 0.138. The van der Waals surface area contributed by atoms with Crippen molar-refractivity contribution in [1.82, 2.24) is 4.98 Å². The van der Waals surface area contributed by atoms with Crippen molar-refractivity contribution < 1.29 is 19.1 Å². The number of ether oxygens (including phenoxy) is 1. The Bertz CT molecular complexity index is 1100. The lowest BCUT2D eigenvalue weighted by Gasteiger charge is -2.16. The number of carbonyl (C=O) groups excluding carboxylic acids is 1. The summed E-state index contributed by atoms with van der Waals surface area (Å²) in [5.74, 6) is -2.08. The molecule has 1 aromatic carbocycles. The highest BCUT2D eigenvalue weighted by Gasteiger charge is 2.28. The van der Waals surface area contributed by atoms with Crippen molar-refractivity contribution in [3.63, 3.8) is 0 Å². The normalized spacial score (nSPS) is 12.1. The fraction of sp³-hybridized carbons (Fsp3) is 0.211. The number of aryl methyl sites for hydroxylation is 1. The summed E-state index contributed by atoms with van der Waals surface area (Å²) < 4.78 is 10.2. The first kappa shape index (κ1) is 17.5.